The van der Waals surface area contributed by atoms with Crippen molar-refractivity contribution >= 4 is 23.1 Å². The summed E-state index contributed by atoms with van der Waals surface area (Å²) in [5.74, 6) is 0.958. The van der Waals surface area contributed by atoms with Crippen LogP contribution in [-0.2, 0) is 6.54 Å². The van der Waals surface area contributed by atoms with Crippen molar-refractivity contribution in [3.8, 4) is 0 Å². The van der Waals surface area contributed by atoms with Gasteiger partial charge in [-0.2, -0.15) is 0 Å². The van der Waals surface area contributed by atoms with Crippen LogP contribution in [0.3, 0.4) is 0 Å². The highest BCUT2D eigenvalue weighted by Crippen LogP contribution is 2.36. The van der Waals surface area contributed by atoms with Crippen molar-refractivity contribution in [1.82, 2.24) is 5.32 Å². The number of thiophene rings is 1. The lowest BCUT2D eigenvalue weighted by atomic mass is 10.0. The van der Waals surface area contributed by atoms with Crippen molar-refractivity contribution in [2.75, 3.05) is 5.75 Å². The maximum atomic E-state index is 13.3. The standard InChI is InChI=1S/C14H14FNS2/c15-10-3-4-14-12(8-10)13(5-7-18-14)16-9-11-2-1-6-17-11/h1-4,6,8,13,16H,5,7,9H2. The third-order valence-electron chi connectivity index (χ3n) is 3.11. The summed E-state index contributed by atoms with van der Waals surface area (Å²) < 4.78 is 13.3. The third kappa shape index (κ3) is 2.60. The smallest absolute Gasteiger partial charge is 0.123 e. The fourth-order valence-electron chi connectivity index (χ4n) is 2.21. The number of benzene rings is 1. The Balaban J connectivity index is 1.76. The first kappa shape index (κ1) is 12.2. The van der Waals surface area contributed by atoms with Gasteiger partial charge in [0.25, 0.3) is 0 Å². The van der Waals surface area contributed by atoms with Gasteiger partial charge in [0.05, 0.1) is 0 Å². The van der Waals surface area contributed by atoms with Crippen molar-refractivity contribution < 1.29 is 4.39 Å². The van der Waals surface area contributed by atoms with Crippen LogP contribution < -0.4 is 5.32 Å². The lowest BCUT2D eigenvalue weighted by Gasteiger charge is -2.26. The predicted molar refractivity (Wildman–Crippen MR) is 75.6 cm³/mol. The van der Waals surface area contributed by atoms with E-state index in [0.717, 1.165) is 24.3 Å². The first-order valence-electron chi connectivity index (χ1n) is 6.01. The van der Waals surface area contributed by atoms with Gasteiger partial charge in [-0.25, -0.2) is 4.39 Å². The summed E-state index contributed by atoms with van der Waals surface area (Å²) in [6.07, 6.45) is 1.06. The molecule has 1 atom stereocenters. The molecule has 2 aromatic rings. The molecule has 3 rings (SSSR count). The lowest BCUT2D eigenvalue weighted by Crippen LogP contribution is -2.24. The van der Waals surface area contributed by atoms with E-state index in [9.17, 15) is 4.39 Å². The zero-order valence-corrected chi connectivity index (χ0v) is 11.5. The molecule has 0 amide bonds. The minimum atomic E-state index is -0.140. The predicted octanol–water partition coefficient (Wildman–Crippen LogP) is 4.21. The van der Waals surface area contributed by atoms with Crippen molar-refractivity contribution in [2.45, 2.75) is 23.9 Å². The van der Waals surface area contributed by atoms with E-state index in [1.807, 2.05) is 17.8 Å². The Hall–Kier alpha value is -0.840. The summed E-state index contributed by atoms with van der Waals surface area (Å²) >= 11 is 3.57. The average molecular weight is 279 g/mol. The summed E-state index contributed by atoms with van der Waals surface area (Å²) in [5, 5.41) is 5.62. The molecule has 0 radical (unpaired) electrons. The molecule has 0 saturated carbocycles. The Morgan fingerprint density at radius 1 is 1.33 bits per heavy atom. The van der Waals surface area contributed by atoms with Gasteiger partial charge in [-0.15, -0.1) is 23.1 Å². The molecule has 0 spiro atoms. The van der Waals surface area contributed by atoms with Crippen molar-refractivity contribution in [1.29, 1.82) is 0 Å². The second kappa shape index (κ2) is 5.43. The summed E-state index contributed by atoms with van der Waals surface area (Å²) in [6.45, 7) is 0.864. The maximum Gasteiger partial charge on any atom is 0.123 e. The average Bonchev–Trinajstić information content (AvgIpc) is 2.89. The van der Waals surface area contributed by atoms with Crippen molar-refractivity contribution in [2.24, 2.45) is 0 Å². The van der Waals surface area contributed by atoms with Gasteiger partial charge in [-0.3, -0.25) is 0 Å². The minimum Gasteiger partial charge on any atom is -0.305 e. The van der Waals surface area contributed by atoms with Crippen LogP contribution in [0.25, 0.3) is 0 Å². The molecule has 1 nitrogen and oxygen atoms in total. The number of rotatable bonds is 3. The van der Waals surface area contributed by atoms with Crippen molar-refractivity contribution in [3.05, 3.63) is 52.0 Å². The van der Waals surface area contributed by atoms with E-state index in [-0.39, 0.29) is 11.9 Å². The molecule has 1 aliphatic rings. The lowest BCUT2D eigenvalue weighted by molar-refractivity contribution is 0.507. The highest BCUT2D eigenvalue weighted by Gasteiger charge is 2.20. The first-order valence-corrected chi connectivity index (χ1v) is 7.87. The molecular formula is C14H14FNS2. The van der Waals surface area contributed by atoms with Gasteiger partial charge in [-0.1, -0.05) is 6.07 Å². The Kier molecular flexibility index (Phi) is 3.68. The topological polar surface area (TPSA) is 12.0 Å². The normalized spacial score (nSPS) is 18.6. The van der Waals surface area contributed by atoms with Gasteiger partial charge in [0.2, 0.25) is 0 Å². The number of nitrogens with one attached hydrogen (secondary N) is 1. The van der Waals surface area contributed by atoms with E-state index in [1.54, 1.807) is 23.5 Å². The summed E-state index contributed by atoms with van der Waals surface area (Å²) in [4.78, 5) is 2.54. The third-order valence-corrected chi connectivity index (χ3v) is 5.11. The van der Waals surface area contributed by atoms with E-state index < -0.39 is 0 Å². The van der Waals surface area contributed by atoms with Crippen molar-refractivity contribution in [3.63, 3.8) is 0 Å². The van der Waals surface area contributed by atoms with E-state index in [2.05, 4.69) is 22.8 Å². The molecule has 1 unspecified atom stereocenters. The molecule has 0 aliphatic carbocycles. The molecule has 4 heteroatoms. The number of hydrogen-bond acceptors (Lipinski definition) is 3. The molecule has 1 N–H and O–H groups in total. The molecule has 2 heterocycles. The van der Waals surface area contributed by atoms with Gasteiger partial charge in [0.1, 0.15) is 5.82 Å². The Morgan fingerprint density at radius 2 is 2.28 bits per heavy atom. The van der Waals surface area contributed by atoms with Gasteiger partial charge in [-0.05, 0) is 47.4 Å². The monoisotopic (exact) mass is 279 g/mol. The zero-order valence-electron chi connectivity index (χ0n) is 9.86. The molecule has 1 aliphatic heterocycles. The Bertz CT molecular complexity index is 525. The highest BCUT2D eigenvalue weighted by molar-refractivity contribution is 7.99. The highest BCUT2D eigenvalue weighted by atomic mass is 32.2. The molecule has 1 aromatic carbocycles. The molecule has 94 valence electrons. The van der Waals surface area contributed by atoms with Crippen LogP contribution in [0.1, 0.15) is 22.9 Å². The number of hydrogen-bond donors (Lipinski definition) is 1. The number of fused-ring (bicyclic) bond motifs is 1. The number of halogens is 1. The van der Waals surface area contributed by atoms with Gasteiger partial charge in [0, 0.05) is 22.4 Å². The molecule has 18 heavy (non-hydrogen) atoms. The second-order valence-electron chi connectivity index (χ2n) is 4.33. The second-order valence-corrected chi connectivity index (χ2v) is 6.50. The van der Waals surface area contributed by atoms with Crippen LogP contribution in [0.2, 0.25) is 0 Å². The number of thioether (sulfide) groups is 1. The van der Waals surface area contributed by atoms with Crippen LogP contribution >= 0.6 is 23.1 Å². The molecular weight excluding hydrogens is 265 g/mol. The van der Waals surface area contributed by atoms with Crippen LogP contribution in [0.15, 0.2) is 40.6 Å². The molecule has 1 aromatic heterocycles. The van der Waals surface area contributed by atoms with Gasteiger partial charge >= 0.3 is 0 Å². The fourth-order valence-corrected chi connectivity index (χ4v) is 3.98. The van der Waals surface area contributed by atoms with E-state index in [1.165, 1.54) is 9.77 Å². The molecule has 0 fully saturated rings. The maximum absolute atomic E-state index is 13.3. The van der Waals surface area contributed by atoms with Gasteiger partial charge in [0.15, 0.2) is 0 Å². The largest absolute Gasteiger partial charge is 0.305 e. The Morgan fingerprint density at radius 3 is 3.11 bits per heavy atom. The van der Waals surface area contributed by atoms with E-state index >= 15 is 0 Å². The molecule has 0 saturated heterocycles. The zero-order chi connectivity index (χ0) is 12.4. The summed E-state index contributed by atoms with van der Waals surface area (Å²) in [6, 6.07) is 9.59. The molecule has 0 bridgehead atoms. The summed E-state index contributed by atoms with van der Waals surface area (Å²) in [7, 11) is 0. The summed E-state index contributed by atoms with van der Waals surface area (Å²) in [5.41, 5.74) is 1.11. The van der Waals surface area contributed by atoms with E-state index in [0.29, 0.717) is 0 Å². The van der Waals surface area contributed by atoms with Gasteiger partial charge < -0.3 is 5.32 Å². The SMILES string of the molecule is Fc1ccc2c(c1)C(NCc1cccs1)CCS2. The Labute approximate surface area is 114 Å². The van der Waals surface area contributed by atoms with Crippen LogP contribution in [0.5, 0.6) is 0 Å². The minimum absolute atomic E-state index is 0.140. The first-order chi connectivity index (χ1) is 8.83. The fraction of sp³-hybridized carbons (Fsp3) is 0.286. The van der Waals surface area contributed by atoms with Crippen LogP contribution in [0.4, 0.5) is 4.39 Å². The van der Waals surface area contributed by atoms with Crippen LogP contribution in [0, 0.1) is 5.82 Å². The van der Waals surface area contributed by atoms with Crippen LogP contribution in [-0.4, -0.2) is 5.75 Å². The van der Waals surface area contributed by atoms with E-state index in [4.69, 9.17) is 0 Å². The quantitative estimate of drug-likeness (QED) is 0.903.